The topological polar surface area (TPSA) is 91.8 Å². The number of hydrogen-bond donors (Lipinski definition) is 2. The van der Waals surface area contributed by atoms with Gasteiger partial charge in [-0.3, -0.25) is 19.5 Å². The standard InChI is InChI=1S/C30H29N3O4.ClH/c34-22-8-7-19-14-24-30(32-28(36)21-13-18-3-1-2-4-20(18)15-31-21)10-9-23(35)27-29(30,25(19)26(22)37-27)11-12-33(24)16-17-5-6-17;/h1-4,7-8,13,15,17,24,27,34H,5-6,9-12,14,16H2,(H,32,36);1H/t24-,27+,29+,30-;/m1./s1. The lowest BCUT2D eigenvalue weighted by Gasteiger charge is -2.65. The molecule has 7 nitrogen and oxygen atoms in total. The van der Waals surface area contributed by atoms with Crippen LogP contribution in [0.4, 0.5) is 0 Å². The van der Waals surface area contributed by atoms with E-state index in [1.165, 1.54) is 12.8 Å². The Kier molecular flexibility index (Phi) is 5.14. The summed E-state index contributed by atoms with van der Waals surface area (Å²) >= 11 is 0. The van der Waals surface area contributed by atoms with Gasteiger partial charge in [-0.1, -0.05) is 30.3 Å². The van der Waals surface area contributed by atoms with E-state index in [-0.39, 0.29) is 35.9 Å². The zero-order valence-corrected chi connectivity index (χ0v) is 21.8. The van der Waals surface area contributed by atoms with Crippen molar-refractivity contribution in [1.29, 1.82) is 0 Å². The largest absolute Gasteiger partial charge is 0.504 e. The molecule has 2 aliphatic heterocycles. The number of aromatic hydroxyl groups is 1. The highest BCUT2D eigenvalue weighted by atomic mass is 35.5. The highest BCUT2D eigenvalue weighted by Gasteiger charge is 2.74. The van der Waals surface area contributed by atoms with Gasteiger partial charge in [0.1, 0.15) is 5.69 Å². The van der Waals surface area contributed by atoms with E-state index in [2.05, 4.69) is 15.2 Å². The molecule has 2 N–H and O–H groups in total. The van der Waals surface area contributed by atoms with Crippen LogP contribution in [-0.4, -0.2) is 57.5 Å². The Balaban J connectivity index is 0.00000242. The van der Waals surface area contributed by atoms with E-state index in [0.717, 1.165) is 41.4 Å². The first-order valence-electron chi connectivity index (χ1n) is 13.5. The Bertz CT molecular complexity index is 1510. The average molecular weight is 532 g/mol. The van der Waals surface area contributed by atoms with Gasteiger partial charge in [0, 0.05) is 36.2 Å². The van der Waals surface area contributed by atoms with Crippen molar-refractivity contribution < 1.29 is 19.4 Å². The lowest BCUT2D eigenvalue weighted by atomic mass is 9.47. The lowest BCUT2D eigenvalue weighted by Crippen LogP contribution is -2.82. The number of hydrogen-bond acceptors (Lipinski definition) is 6. The molecule has 3 fully saturated rings. The zero-order chi connectivity index (χ0) is 24.9. The lowest BCUT2D eigenvalue weighted by molar-refractivity contribution is -0.143. The average Bonchev–Trinajstić information content (AvgIpc) is 3.65. The van der Waals surface area contributed by atoms with Crippen molar-refractivity contribution in [3.8, 4) is 11.5 Å². The van der Waals surface area contributed by atoms with E-state index in [1.54, 1.807) is 12.3 Å². The van der Waals surface area contributed by atoms with Crippen LogP contribution in [0.15, 0.2) is 48.7 Å². The Hall–Kier alpha value is -3.16. The second kappa shape index (κ2) is 8.17. The monoisotopic (exact) mass is 531 g/mol. The van der Waals surface area contributed by atoms with Crippen molar-refractivity contribution in [2.45, 2.75) is 61.6 Å². The quantitative estimate of drug-likeness (QED) is 0.530. The maximum absolute atomic E-state index is 14.0. The number of amides is 1. The molecule has 4 atom stereocenters. The number of phenolic OH excluding ortho intramolecular Hbond substituents is 1. The fourth-order valence-electron chi connectivity index (χ4n) is 8.04. The Morgan fingerprint density at radius 3 is 2.79 bits per heavy atom. The predicted molar refractivity (Wildman–Crippen MR) is 144 cm³/mol. The van der Waals surface area contributed by atoms with Gasteiger partial charge >= 0.3 is 0 Å². The van der Waals surface area contributed by atoms with Crippen LogP contribution >= 0.6 is 12.4 Å². The molecule has 0 radical (unpaired) electrons. The number of piperidine rings is 1. The number of ketones is 1. The molecule has 1 amide bonds. The number of nitrogens with one attached hydrogen (secondary N) is 1. The smallest absolute Gasteiger partial charge is 0.270 e. The van der Waals surface area contributed by atoms with Gasteiger partial charge in [0.15, 0.2) is 23.4 Å². The van der Waals surface area contributed by atoms with Gasteiger partial charge in [-0.2, -0.15) is 0 Å². The first-order valence-corrected chi connectivity index (χ1v) is 13.5. The molecule has 3 aliphatic carbocycles. The molecule has 1 saturated heterocycles. The normalized spacial score (nSPS) is 30.8. The molecule has 8 heteroatoms. The Morgan fingerprint density at radius 1 is 1.16 bits per heavy atom. The van der Waals surface area contributed by atoms with Gasteiger partial charge in [-0.05, 0) is 67.6 Å². The number of fused-ring (bicyclic) bond motifs is 1. The van der Waals surface area contributed by atoms with E-state index < -0.39 is 17.1 Å². The first kappa shape index (κ1) is 23.9. The molecule has 38 heavy (non-hydrogen) atoms. The van der Waals surface area contributed by atoms with Crippen LogP contribution in [-0.2, 0) is 16.6 Å². The number of pyridine rings is 1. The number of carbonyl (C=O) groups is 2. The number of phenols is 1. The summed E-state index contributed by atoms with van der Waals surface area (Å²) < 4.78 is 6.34. The minimum Gasteiger partial charge on any atom is -0.504 e. The number of nitrogens with zero attached hydrogens (tertiary/aromatic N) is 2. The maximum Gasteiger partial charge on any atom is 0.270 e. The van der Waals surface area contributed by atoms with Gasteiger partial charge in [0.25, 0.3) is 5.91 Å². The highest BCUT2D eigenvalue weighted by Crippen LogP contribution is 2.65. The molecule has 3 aromatic rings. The summed E-state index contributed by atoms with van der Waals surface area (Å²) in [5, 5.41) is 16.2. The predicted octanol–water partition coefficient (Wildman–Crippen LogP) is 3.93. The third kappa shape index (κ3) is 3.03. The minimum atomic E-state index is -0.695. The van der Waals surface area contributed by atoms with Gasteiger partial charge < -0.3 is 15.2 Å². The molecule has 2 saturated carbocycles. The summed E-state index contributed by atoms with van der Waals surface area (Å²) in [4.78, 5) is 34.5. The number of ether oxygens (including phenoxy) is 1. The van der Waals surface area contributed by atoms with Crippen molar-refractivity contribution in [2.75, 3.05) is 13.1 Å². The fraction of sp³-hybridized carbons (Fsp3) is 0.433. The number of halogens is 1. The van der Waals surface area contributed by atoms with Crippen molar-refractivity contribution in [3.05, 3.63) is 65.5 Å². The minimum absolute atomic E-state index is 0. The number of carbonyl (C=O) groups excluding carboxylic acids is 2. The van der Waals surface area contributed by atoms with Crippen LogP contribution in [0.5, 0.6) is 11.5 Å². The Labute approximate surface area is 227 Å². The van der Waals surface area contributed by atoms with Crippen LogP contribution in [0.2, 0.25) is 0 Å². The van der Waals surface area contributed by atoms with E-state index in [9.17, 15) is 14.7 Å². The molecule has 2 aromatic carbocycles. The van der Waals surface area contributed by atoms with Crippen molar-refractivity contribution in [1.82, 2.24) is 15.2 Å². The summed E-state index contributed by atoms with van der Waals surface area (Å²) in [5.41, 5.74) is 1.07. The summed E-state index contributed by atoms with van der Waals surface area (Å²) in [6, 6.07) is 13.5. The molecular weight excluding hydrogens is 502 g/mol. The van der Waals surface area contributed by atoms with Crippen LogP contribution in [0, 0.1) is 5.92 Å². The van der Waals surface area contributed by atoms with Gasteiger partial charge in [0.2, 0.25) is 0 Å². The highest BCUT2D eigenvalue weighted by molar-refractivity contribution is 5.98. The third-order valence-corrected chi connectivity index (χ3v) is 9.81. The second-order valence-corrected chi connectivity index (χ2v) is 11.6. The number of likely N-dealkylation sites (tertiary alicyclic amines) is 1. The maximum atomic E-state index is 14.0. The van der Waals surface area contributed by atoms with Crippen LogP contribution < -0.4 is 10.1 Å². The van der Waals surface area contributed by atoms with E-state index in [0.29, 0.717) is 36.6 Å². The van der Waals surface area contributed by atoms with Gasteiger partial charge in [0.05, 0.1) is 11.0 Å². The van der Waals surface area contributed by atoms with E-state index >= 15 is 0 Å². The number of Topliss-reactive ketones (excluding diaryl/α,β-unsaturated/α-hetero) is 1. The van der Waals surface area contributed by atoms with Crippen LogP contribution in [0.1, 0.15) is 53.7 Å². The first-order chi connectivity index (χ1) is 18.0. The third-order valence-electron chi connectivity index (χ3n) is 9.81. The summed E-state index contributed by atoms with van der Waals surface area (Å²) in [5.74, 6) is 1.07. The summed E-state index contributed by atoms with van der Waals surface area (Å²) in [6.45, 7) is 1.88. The molecular formula is C30H30ClN3O4. The molecule has 0 unspecified atom stereocenters. The number of aromatic nitrogens is 1. The van der Waals surface area contributed by atoms with Crippen molar-refractivity contribution >= 4 is 34.9 Å². The second-order valence-electron chi connectivity index (χ2n) is 11.6. The van der Waals surface area contributed by atoms with Gasteiger partial charge in [-0.15, -0.1) is 12.4 Å². The van der Waals surface area contributed by atoms with Gasteiger partial charge in [-0.25, -0.2) is 0 Å². The molecule has 5 aliphatic rings. The van der Waals surface area contributed by atoms with Crippen LogP contribution in [0.3, 0.4) is 0 Å². The van der Waals surface area contributed by atoms with Crippen molar-refractivity contribution in [3.63, 3.8) is 0 Å². The fourth-order valence-corrected chi connectivity index (χ4v) is 8.04. The van der Waals surface area contributed by atoms with Crippen molar-refractivity contribution in [2.24, 2.45) is 5.92 Å². The molecule has 1 spiro atoms. The molecule has 196 valence electrons. The zero-order valence-electron chi connectivity index (χ0n) is 21.0. The number of rotatable bonds is 4. The van der Waals surface area contributed by atoms with E-state index in [1.807, 2.05) is 36.4 Å². The van der Waals surface area contributed by atoms with E-state index in [4.69, 9.17) is 4.74 Å². The van der Waals surface area contributed by atoms with Crippen LogP contribution in [0.25, 0.3) is 10.8 Å². The molecule has 8 rings (SSSR count). The Morgan fingerprint density at radius 2 is 1.97 bits per heavy atom. The molecule has 2 bridgehead atoms. The number of benzene rings is 2. The summed E-state index contributed by atoms with van der Waals surface area (Å²) in [7, 11) is 0. The SMILES string of the molecule is Cl.O=C(N[C@@]12CCC(=O)[C@@H]3Oc4c(O)ccc5c4[C@@]31CCN(CC1CC1)[C@@H]2C5)c1cc2ccccc2cn1. The molecule has 3 heterocycles. The summed E-state index contributed by atoms with van der Waals surface area (Å²) in [6.07, 6.45) is 5.94. The molecule has 1 aromatic heterocycles.